The maximum Gasteiger partial charge on any atom is 0.328 e. The number of hydrogen-bond acceptors (Lipinski definition) is 5. The lowest BCUT2D eigenvalue weighted by Crippen LogP contribution is -2.37. The van der Waals surface area contributed by atoms with Gasteiger partial charge >= 0.3 is 5.69 Å². The van der Waals surface area contributed by atoms with Gasteiger partial charge in [0.25, 0.3) is 11.5 Å². The van der Waals surface area contributed by atoms with E-state index in [0.717, 1.165) is 10.1 Å². The van der Waals surface area contributed by atoms with Crippen molar-refractivity contribution in [2.45, 2.75) is 18.3 Å². The van der Waals surface area contributed by atoms with Crippen LogP contribution in [0.5, 0.6) is 0 Å². The Labute approximate surface area is 166 Å². The molecule has 0 saturated heterocycles. The van der Waals surface area contributed by atoms with Crippen LogP contribution in [0.15, 0.2) is 58.1 Å². The SMILES string of the molecule is O=C(NCc1ccccc1)c1ccc2c(=O)n(C[C@@H](S)CS)c(=O)[nH]c2c1. The van der Waals surface area contributed by atoms with Crippen LogP contribution in [0.2, 0.25) is 0 Å². The summed E-state index contributed by atoms with van der Waals surface area (Å²) >= 11 is 8.41. The molecule has 27 heavy (non-hydrogen) atoms. The quantitative estimate of drug-likeness (QED) is 0.476. The molecule has 0 bridgehead atoms. The molecular weight excluding hydrogens is 382 g/mol. The van der Waals surface area contributed by atoms with Gasteiger partial charge in [-0.2, -0.15) is 25.3 Å². The largest absolute Gasteiger partial charge is 0.348 e. The van der Waals surface area contributed by atoms with E-state index in [1.165, 1.54) is 6.07 Å². The molecule has 8 heteroatoms. The van der Waals surface area contributed by atoms with Crippen LogP contribution >= 0.6 is 25.3 Å². The van der Waals surface area contributed by atoms with Crippen molar-refractivity contribution in [2.24, 2.45) is 0 Å². The molecule has 2 N–H and O–H groups in total. The standard InChI is InChI=1S/C19H19N3O3S2/c23-17(20-9-12-4-2-1-3-5-12)13-6-7-15-16(8-13)21-19(25)22(18(15)24)10-14(27)11-26/h1-8,14,26-27H,9-11H2,(H,20,23)(H,21,25)/t14-/m1/s1. The maximum absolute atomic E-state index is 12.6. The predicted octanol–water partition coefficient (Wildman–Crippen LogP) is 1.85. The minimum absolute atomic E-state index is 0.163. The third kappa shape index (κ3) is 4.45. The fraction of sp³-hybridized carbons (Fsp3) is 0.211. The van der Waals surface area contributed by atoms with Crippen LogP contribution in [0, 0.1) is 0 Å². The number of H-pyrrole nitrogens is 1. The Bertz CT molecular complexity index is 1080. The van der Waals surface area contributed by atoms with Crippen LogP contribution < -0.4 is 16.6 Å². The predicted molar refractivity (Wildman–Crippen MR) is 113 cm³/mol. The van der Waals surface area contributed by atoms with Crippen molar-refractivity contribution in [1.29, 1.82) is 0 Å². The molecule has 3 rings (SSSR count). The molecular formula is C19H19N3O3S2. The molecule has 2 aromatic carbocycles. The van der Waals surface area contributed by atoms with Crippen LogP contribution in [-0.4, -0.2) is 26.5 Å². The highest BCUT2D eigenvalue weighted by Gasteiger charge is 2.13. The highest BCUT2D eigenvalue weighted by molar-refractivity contribution is 7.84. The summed E-state index contributed by atoms with van der Waals surface area (Å²) in [7, 11) is 0. The van der Waals surface area contributed by atoms with E-state index in [0.29, 0.717) is 28.8 Å². The average Bonchev–Trinajstić information content (AvgIpc) is 2.69. The third-order valence-electron chi connectivity index (χ3n) is 4.14. The molecule has 1 aromatic heterocycles. The number of carbonyl (C=O) groups excluding carboxylic acids is 1. The number of nitrogens with zero attached hydrogens (tertiary/aromatic N) is 1. The van der Waals surface area contributed by atoms with Gasteiger partial charge in [0, 0.05) is 29.7 Å². The average molecular weight is 402 g/mol. The number of thiol groups is 2. The monoisotopic (exact) mass is 401 g/mol. The normalized spacial score (nSPS) is 12.1. The van der Waals surface area contributed by atoms with Crippen LogP contribution in [0.1, 0.15) is 15.9 Å². The second-order valence-corrected chi connectivity index (χ2v) is 7.21. The summed E-state index contributed by atoms with van der Waals surface area (Å²) in [6.07, 6.45) is 0. The van der Waals surface area contributed by atoms with Crippen LogP contribution in [-0.2, 0) is 13.1 Å². The first-order chi connectivity index (χ1) is 13.0. The Hall–Kier alpha value is -2.45. The van der Waals surface area contributed by atoms with E-state index in [9.17, 15) is 14.4 Å². The summed E-state index contributed by atoms with van der Waals surface area (Å²) in [5.41, 5.74) is 0.735. The lowest BCUT2D eigenvalue weighted by Gasteiger charge is -2.11. The summed E-state index contributed by atoms with van der Waals surface area (Å²) in [4.78, 5) is 39.9. The molecule has 0 aliphatic rings. The van der Waals surface area contributed by atoms with Gasteiger partial charge in [-0.25, -0.2) is 4.79 Å². The van der Waals surface area contributed by atoms with Gasteiger partial charge in [0.1, 0.15) is 0 Å². The van der Waals surface area contributed by atoms with Crippen molar-refractivity contribution >= 4 is 42.1 Å². The third-order valence-corrected chi connectivity index (χ3v) is 5.22. The van der Waals surface area contributed by atoms with Gasteiger partial charge in [0.15, 0.2) is 0 Å². The zero-order valence-electron chi connectivity index (χ0n) is 14.4. The van der Waals surface area contributed by atoms with Crippen LogP contribution in [0.4, 0.5) is 0 Å². The first-order valence-corrected chi connectivity index (χ1v) is 9.52. The molecule has 0 aliphatic heterocycles. The first-order valence-electron chi connectivity index (χ1n) is 8.37. The summed E-state index contributed by atoms with van der Waals surface area (Å²) in [6.45, 7) is 0.554. The second kappa shape index (κ2) is 8.49. The molecule has 0 aliphatic carbocycles. The second-order valence-electron chi connectivity index (χ2n) is 6.11. The van der Waals surface area contributed by atoms with Gasteiger partial charge in [-0.15, -0.1) is 0 Å². The zero-order chi connectivity index (χ0) is 19.4. The molecule has 0 radical (unpaired) electrons. The smallest absolute Gasteiger partial charge is 0.328 e. The molecule has 1 amide bonds. The Morgan fingerprint density at radius 3 is 2.59 bits per heavy atom. The summed E-state index contributed by atoms with van der Waals surface area (Å²) < 4.78 is 1.10. The molecule has 140 valence electrons. The van der Waals surface area contributed by atoms with E-state index in [-0.39, 0.29) is 17.7 Å². The van der Waals surface area contributed by atoms with Gasteiger partial charge in [-0.05, 0) is 23.8 Å². The molecule has 0 unspecified atom stereocenters. The fourth-order valence-corrected chi connectivity index (χ4v) is 2.99. The molecule has 0 saturated carbocycles. The molecule has 1 heterocycles. The number of benzene rings is 2. The highest BCUT2D eigenvalue weighted by atomic mass is 32.1. The molecule has 6 nitrogen and oxygen atoms in total. The minimum Gasteiger partial charge on any atom is -0.348 e. The van der Waals surface area contributed by atoms with E-state index >= 15 is 0 Å². The van der Waals surface area contributed by atoms with Crippen molar-refractivity contribution in [1.82, 2.24) is 14.9 Å². The fourth-order valence-electron chi connectivity index (χ4n) is 2.71. The maximum atomic E-state index is 12.6. The van der Waals surface area contributed by atoms with Crippen LogP contribution in [0.3, 0.4) is 0 Å². The first kappa shape index (κ1) is 19.3. The zero-order valence-corrected chi connectivity index (χ0v) is 16.2. The van der Waals surface area contributed by atoms with E-state index in [1.54, 1.807) is 12.1 Å². The Morgan fingerprint density at radius 2 is 1.89 bits per heavy atom. The van der Waals surface area contributed by atoms with E-state index in [2.05, 4.69) is 35.6 Å². The topological polar surface area (TPSA) is 84.0 Å². The van der Waals surface area contributed by atoms with Crippen LogP contribution in [0.25, 0.3) is 10.9 Å². The molecule has 1 atom stereocenters. The lowest BCUT2D eigenvalue weighted by molar-refractivity contribution is 0.0951. The molecule has 0 fully saturated rings. The van der Waals surface area contributed by atoms with Gasteiger partial charge in [-0.3, -0.25) is 14.2 Å². The lowest BCUT2D eigenvalue weighted by atomic mass is 10.1. The molecule has 3 aromatic rings. The van der Waals surface area contributed by atoms with Crippen molar-refractivity contribution in [3.8, 4) is 0 Å². The highest BCUT2D eigenvalue weighted by Crippen LogP contribution is 2.10. The van der Waals surface area contributed by atoms with Gasteiger partial charge in [0.2, 0.25) is 0 Å². The minimum atomic E-state index is -0.532. The number of rotatable bonds is 6. The Morgan fingerprint density at radius 1 is 1.15 bits per heavy atom. The summed E-state index contributed by atoms with van der Waals surface area (Å²) in [6, 6.07) is 14.2. The molecule has 0 spiro atoms. The van der Waals surface area contributed by atoms with E-state index in [4.69, 9.17) is 0 Å². The number of aromatic nitrogens is 2. The van der Waals surface area contributed by atoms with E-state index < -0.39 is 11.2 Å². The number of carbonyl (C=O) groups is 1. The Kier molecular flexibility index (Phi) is 6.08. The van der Waals surface area contributed by atoms with Gasteiger partial charge in [-0.1, -0.05) is 30.3 Å². The van der Waals surface area contributed by atoms with Crippen molar-refractivity contribution in [3.05, 3.63) is 80.5 Å². The number of hydrogen-bond donors (Lipinski definition) is 4. The summed E-state index contributed by atoms with van der Waals surface area (Å²) in [5, 5.41) is 2.95. The van der Waals surface area contributed by atoms with Gasteiger partial charge < -0.3 is 10.3 Å². The summed E-state index contributed by atoms with van der Waals surface area (Å²) in [5.74, 6) is 0.157. The number of fused-ring (bicyclic) bond motifs is 1. The Balaban J connectivity index is 1.87. The number of nitrogens with one attached hydrogen (secondary N) is 2. The van der Waals surface area contributed by atoms with Crippen molar-refractivity contribution < 1.29 is 4.79 Å². The number of aromatic amines is 1. The number of amides is 1. The van der Waals surface area contributed by atoms with Crippen molar-refractivity contribution in [3.63, 3.8) is 0 Å². The van der Waals surface area contributed by atoms with Crippen molar-refractivity contribution in [2.75, 3.05) is 5.75 Å². The van der Waals surface area contributed by atoms with Gasteiger partial charge in [0.05, 0.1) is 10.9 Å². The van der Waals surface area contributed by atoms with E-state index in [1.807, 2.05) is 30.3 Å².